The van der Waals surface area contributed by atoms with Gasteiger partial charge in [-0.1, -0.05) is 24.8 Å². The van der Waals surface area contributed by atoms with E-state index in [1.165, 1.54) is 44.1 Å². The van der Waals surface area contributed by atoms with Crippen LogP contribution in [0, 0.1) is 5.92 Å². The van der Waals surface area contributed by atoms with Gasteiger partial charge in [-0.3, -0.25) is 0 Å². The van der Waals surface area contributed by atoms with Crippen molar-refractivity contribution in [3.05, 3.63) is 11.1 Å². The molecule has 0 aromatic rings. The van der Waals surface area contributed by atoms with Crippen molar-refractivity contribution in [1.29, 1.82) is 0 Å². The highest BCUT2D eigenvalue weighted by Gasteiger charge is 2.26. The zero-order valence-corrected chi connectivity index (χ0v) is 11.0. The van der Waals surface area contributed by atoms with Crippen molar-refractivity contribution in [2.45, 2.75) is 64.7 Å². The third kappa shape index (κ3) is 3.11. The van der Waals surface area contributed by atoms with E-state index in [2.05, 4.69) is 0 Å². The smallest absolute Gasteiger partial charge is 0.333 e. The Hall–Kier alpha value is -0.790. The molecule has 2 rings (SSSR count). The molecule has 0 aromatic heterocycles. The minimum atomic E-state index is -0.0345. The van der Waals surface area contributed by atoms with Gasteiger partial charge in [-0.25, -0.2) is 4.79 Å². The van der Waals surface area contributed by atoms with E-state index in [-0.39, 0.29) is 5.97 Å². The third-order valence-corrected chi connectivity index (χ3v) is 4.13. The lowest BCUT2D eigenvalue weighted by atomic mass is 9.77. The number of hydrogen-bond donors (Lipinski definition) is 0. The molecule has 2 heteroatoms. The molecule has 0 N–H and O–H groups in total. The highest BCUT2D eigenvalue weighted by atomic mass is 16.5. The van der Waals surface area contributed by atoms with Crippen molar-refractivity contribution in [1.82, 2.24) is 0 Å². The maximum absolute atomic E-state index is 12.0. The van der Waals surface area contributed by atoms with Gasteiger partial charge in [0.2, 0.25) is 0 Å². The molecule has 0 heterocycles. The van der Waals surface area contributed by atoms with E-state index in [9.17, 15) is 4.79 Å². The first kappa shape index (κ1) is 12.7. The molecule has 1 saturated carbocycles. The van der Waals surface area contributed by atoms with Crippen molar-refractivity contribution in [3.63, 3.8) is 0 Å². The summed E-state index contributed by atoms with van der Waals surface area (Å²) in [4.78, 5) is 12.0. The fraction of sp³-hybridized carbons (Fsp3) is 0.800. The molecule has 0 saturated heterocycles. The van der Waals surface area contributed by atoms with Crippen LogP contribution in [0.3, 0.4) is 0 Å². The van der Waals surface area contributed by atoms with Gasteiger partial charge in [0, 0.05) is 5.57 Å². The molecule has 2 aliphatic rings. The summed E-state index contributed by atoms with van der Waals surface area (Å²) in [5.41, 5.74) is 2.49. The molecule has 0 unspecified atom stereocenters. The van der Waals surface area contributed by atoms with E-state index in [0.29, 0.717) is 12.5 Å². The first-order valence-corrected chi connectivity index (χ1v) is 7.22. The quantitative estimate of drug-likeness (QED) is 0.692. The van der Waals surface area contributed by atoms with Gasteiger partial charge in [0.1, 0.15) is 0 Å². The summed E-state index contributed by atoms with van der Waals surface area (Å²) in [5, 5.41) is 0. The molecule has 2 nitrogen and oxygen atoms in total. The largest absolute Gasteiger partial charge is 0.463 e. The van der Waals surface area contributed by atoms with Crippen LogP contribution in [0.25, 0.3) is 0 Å². The summed E-state index contributed by atoms with van der Waals surface area (Å²) in [6.45, 7) is 2.39. The van der Waals surface area contributed by atoms with Gasteiger partial charge in [0.05, 0.1) is 6.61 Å². The van der Waals surface area contributed by atoms with Crippen LogP contribution in [0.2, 0.25) is 0 Å². The van der Waals surface area contributed by atoms with E-state index >= 15 is 0 Å². The molecular weight excluding hydrogens is 212 g/mol. The van der Waals surface area contributed by atoms with Crippen LogP contribution in [0.1, 0.15) is 64.7 Å². The summed E-state index contributed by atoms with van der Waals surface area (Å²) in [7, 11) is 0. The molecule has 0 bridgehead atoms. The van der Waals surface area contributed by atoms with E-state index in [1.54, 1.807) is 0 Å². The van der Waals surface area contributed by atoms with Crippen molar-refractivity contribution in [2.75, 3.05) is 6.61 Å². The maximum atomic E-state index is 12.0. The van der Waals surface area contributed by atoms with E-state index in [1.807, 2.05) is 6.92 Å². The van der Waals surface area contributed by atoms with Crippen molar-refractivity contribution >= 4 is 5.97 Å². The van der Waals surface area contributed by atoms with Gasteiger partial charge < -0.3 is 4.74 Å². The highest BCUT2D eigenvalue weighted by molar-refractivity contribution is 5.89. The Bertz CT molecular complexity index is 298. The predicted molar refractivity (Wildman–Crippen MR) is 68.7 cm³/mol. The Morgan fingerprint density at radius 3 is 2.53 bits per heavy atom. The van der Waals surface area contributed by atoms with E-state index in [4.69, 9.17) is 4.74 Å². The van der Waals surface area contributed by atoms with Crippen LogP contribution in [-0.2, 0) is 9.53 Å². The second kappa shape index (κ2) is 6.23. The maximum Gasteiger partial charge on any atom is 0.333 e. The van der Waals surface area contributed by atoms with Gasteiger partial charge in [-0.2, -0.15) is 0 Å². The van der Waals surface area contributed by atoms with Crippen molar-refractivity contribution in [3.8, 4) is 0 Å². The highest BCUT2D eigenvalue weighted by Crippen LogP contribution is 2.38. The van der Waals surface area contributed by atoms with Gasteiger partial charge in [0.15, 0.2) is 0 Å². The van der Waals surface area contributed by atoms with Gasteiger partial charge >= 0.3 is 5.97 Å². The summed E-state index contributed by atoms with van der Waals surface area (Å²) in [5.74, 6) is 0.649. The Labute approximate surface area is 104 Å². The van der Waals surface area contributed by atoms with Gasteiger partial charge in [-0.05, 0) is 51.4 Å². The lowest BCUT2D eigenvalue weighted by Crippen LogP contribution is -2.19. The zero-order chi connectivity index (χ0) is 12.1. The summed E-state index contributed by atoms with van der Waals surface area (Å²) in [6, 6.07) is 0. The summed E-state index contributed by atoms with van der Waals surface area (Å²) < 4.78 is 5.21. The SMILES string of the molecule is CCOC(=O)C1=C(C2CCCCC2)CCCC1. The standard InChI is InChI=1S/C15H24O2/c1-2-17-15(16)14-11-7-6-10-13(14)12-8-4-3-5-9-12/h12H,2-11H2,1H3. The van der Waals surface area contributed by atoms with Crippen molar-refractivity contribution < 1.29 is 9.53 Å². The van der Waals surface area contributed by atoms with Crippen LogP contribution in [0.4, 0.5) is 0 Å². The minimum absolute atomic E-state index is 0.0345. The summed E-state index contributed by atoms with van der Waals surface area (Å²) in [6.07, 6.45) is 11.1. The van der Waals surface area contributed by atoms with Crippen molar-refractivity contribution in [2.24, 2.45) is 5.92 Å². The molecule has 17 heavy (non-hydrogen) atoms. The second-order valence-electron chi connectivity index (χ2n) is 5.27. The molecule has 0 amide bonds. The molecule has 0 spiro atoms. The number of rotatable bonds is 3. The minimum Gasteiger partial charge on any atom is -0.463 e. The van der Waals surface area contributed by atoms with Gasteiger partial charge in [-0.15, -0.1) is 0 Å². The average Bonchev–Trinajstić information content (AvgIpc) is 2.40. The van der Waals surface area contributed by atoms with Crippen LogP contribution in [0.15, 0.2) is 11.1 Å². The first-order valence-electron chi connectivity index (χ1n) is 7.22. The molecule has 0 aromatic carbocycles. The zero-order valence-electron chi connectivity index (χ0n) is 11.0. The predicted octanol–water partition coefficient (Wildman–Crippen LogP) is 4.00. The summed E-state index contributed by atoms with van der Waals surface area (Å²) >= 11 is 0. The van der Waals surface area contributed by atoms with Gasteiger partial charge in [0.25, 0.3) is 0 Å². The number of hydrogen-bond acceptors (Lipinski definition) is 2. The molecule has 2 aliphatic carbocycles. The van der Waals surface area contributed by atoms with E-state index < -0.39 is 0 Å². The number of carbonyl (C=O) groups excluding carboxylic acids is 1. The van der Waals surface area contributed by atoms with Crippen LogP contribution in [0.5, 0.6) is 0 Å². The Morgan fingerprint density at radius 2 is 1.82 bits per heavy atom. The van der Waals surface area contributed by atoms with Crippen LogP contribution >= 0.6 is 0 Å². The Morgan fingerprint density at radius 1 is 1.12 bits per heavy atom. The second-order valence-corrected chi connectivity index (χ2v) is 5.27. The Balaban J connectivity index is 2.14. The number of ether oxygens (including phenoxy) is 1. The molecule has 0 radical (unpaired) electrons. The van der Waals surface area contributed by atoms with Crippen LogP contribution < -0.4 is 0 Å². The molecule has 96 valence electrons. The molecule has 0 atom stereocenters. The number of carbonyl (C=O) groups is 1. The lowest BCUT2D eigenvalue weighted by Gasteiger charge is -2.29. The third-order valence-electron chi connectivity index (χ3n) is 4.13. The fourth-order valence-corrected chi connectivity index (χ4v) is 3.28. The fourth-order valence-electron chi connectivity index (χ4n) is 3.28. The molecule has 0 aliphatic heterocycles. The Kier molecular flexibility index (Phi) is 4.64. The molecular formula is C15H24O2. The average molecular weight is 236 g/mol. The normalized spacial score (nSPS) is 22.6. The lowest BCUT2D eigenvalue weighted by molar-refractivity contribution is -0.138. The van der Waals surface area contributed by atoms with E-state index in [0.717, 1.165) is 24.8 Å². The number of allylic oxidation sites excluding steroid dienone is 1. The molecule has 1 fully saturated rings. The van der Waals surface area contributed by atoms with Crippen LogP contribution in [-0.4, -0.2) is 12.6 Å². The monoisotopic (exact) mass is 236 g/mol. The number of esters is 1. The first-order chi connectivity index (χ1) is 8.33. The topological polar surface area (TPSA) is 26.3 Å².